The number of ether oxygens (including phenoxy) is 1. The van der Waals surface area contributed by atoms with Crippen LogP contribution in [0.3, 0.4) is 0 Å². The Labute approximate surface area is 135 Å². The van der Waals surface area contributed by atoms with Crippen molar-refractivity contribution < 1.29 is 29.6 Å². The summed E-state index contributed by atoms with van der Waals surface area (Å²) >= 11 is 0. The summed E-state index contributed by atoms with van der Waals surface area (Å²) in [6.45, 7) is 2.15. The second-order valence-electron chi connectivity index (χ2n) is 5.50. The Hall–Kier alpha value is -2.24. The van der Waals surface area contributed by atoms with Crippen molar-refractivity contribution in [3.8, 4) is 17.2 Å². The number of carbonyl (C=O) groups is 2. The molecular weight excluding hydrogens is 300 g/mol. The van der Waals surface area contributed by atoms with Gasteiger partial charge in [0.25, 0.3) is 0 Å². The van der Waals surface area contributed by atoms with Crippen LogP contribution in [0.5, 0.6) is 17.2 Å². The molecule has 0 aliphatic heterocycles. The van der Waals surface area contributed by atoms with Gasteiger partial charge >= 0.3 is 11.9 Å². The normalized spacial score (nSPS) is 10.5. The highest BCUT2D eigenvalue weighted by molar-refractivity contribution is 5.97. The van der Waals surface area contributed by atoms with Crippen LogP contribution in [0.15, 0.2) is 12.1 Å². The third-order valence-electron chi connectivity index (χ3n) is 3.50. The van der Waals surface area contributed by atoms with E-state index in [4.69, 9.17) is 0 Å². The van der Waals surface area contributed by atoms with Crippen LogP contribution >= 0.6 is 0 Å². The molecule has 1 aromatic carbocycles. The van der Waals surface area contributed by atoms with E-state index in [9.17, 15) is 24.9 Å². The quantitative estimate of drug-likeness (QED) is 0.277. The molecule has 0 aliphatic rings. The summed E-state index contributed by atoms with van der Waals surface area (Å²) in [5.41, 5.74) is -0.203. The van der Waals surface area contributed by atoms with Gasteiger partial charge in [0.05, 0.1) is 5.56 Å². The molecule has 0 fully saturated rings. The number of esters is 2. The number of aromatic hydroxyl groups is 3. The van der Waals surface area contributed by atoms with Crippen LogP contribution in [-0.2, 0) is 9.53 Å². The van der Waals surface area contributed by atoms with Crippen LogP contribution in [0.4, 0.5) is 0 Å². The molecular formula is C17H24O6. The zero-order chi connectivity index (χ0) is 17.2. The molecule has 1 aromatic rings. The number of benzene rings is 1. The monoisotopic (exact) mass is 324 g/mol. The Morgan fingerprint density at radius 3 is 2.00 bits per heavy atom. The number of hydrogen-bond acceptors (Lipinski definition) is 6. The summed E-state index contributed by atoms with van der Waals surface area (Å²) < 4.78 is 4.65. The van der Waals surface area contributed by atoms with Crippen LogP contribution in [0.25, 0.3) is 0 Å². The molecule has 0 radical (unpaired) electrons. The van der Waals surface area contributed by atoms with E-state index in [1.54, 1.807) is 0 Å². The fourth-order valence-corrected chi connectivity index (χ4v) is 2.16. The molecule has 0 aromatic heterocycles. The second kappa shape index (κ2) is 9.71. The standard InChI is InChI=1S/C17H24O6/c1-2-3-4-5-6-7-8-9-15(20)23-17(22)12-10-13(18)16(21)14(19)11-12/h10-11,18-19,21H,2-9H2,1H3. The summed E-state index contributed by atoms with van der Waals surface area (Å²) in [6.07, 6.45) is 7.54. The molecule has 0 saturated carbocycles. The smallest absolute Gasteiger partial charge is 0.346 e. The molecule has 0 spiro atoms. The first-order chi connectivity index (χ1) is 11.0. The first-order valence-electron chi connectivity index (χ1n) is 7.95. The zero-order valence-corrected chi connectivity index (χ0v) is 13.4. The fourth-order valence-electron chi connectivity index (χ4n) is 2.16. The number of unbranched alkanes of at least 4 members (excludes halogenated alkanes) is 6. The van der Waals surface area contributed by atoms with E-state index in [1.165, 1.54) is 19.3 Å². The lowest BCUT2D eigenvalue weighted by Gasteiger charge is -2.06. The van der Waals surface area contributed by atoms with Crippen LogP contribution in [0.2, 0.25) is 0 Å². The predicted molar refractivity (Wildman–Crippen MR) is 84.5 cm³/mol. The van der Waals surface area contributed by atoms with Crippen molar-refractivity contribution in [2.75, 3.05) is 0 Å². The molecule has 6 heteroatoms. The van der Waals surface area contributed by atoms with Gasteiger partial charge in [-0.1, -0.05) is 45.4 Å². The molecule has 23 heavy (non-hydrogen) atoms. The van der Waals surface area contributed by atoms with Gasteiger partial charge in [0.15, 0.2) is 17.2 Å². The number of phenols is 3. The highest BCUT2D eigenvalue weighted by Crippen LogP contribution is 2.35. The average molecular weight is 324 g/mol. The molecule has 6 nitrogen and oxygen atoms in total. The maximum absolute atomic E-state index is 11.7. The van der Waals surface area contributed by atoms with Crippen LogP contribution < -0.4 is 0 Å². The Morgan fingerprint density at radius 2 is 1.43 bits per heavy atom. The van der Waals surface area contributed by atoms with E-state index in [0.29, 0.717) is 6.42 Å². The van der Waals surface area contributed by atoms with Crippen molar-refractivity contribution in [3.63, 3.8) is 0 Å². The summed E-state index contributed by atoms with van der Waals surface area (Å²) in [7, 11) is 0. The third-order valence-corrected chi connectivity index (χ3v) is 3.50. The lowest BCUT2D eigenvalue weighted by molar-refractivity contribution is -0.138. The van der Waals surface area contributed by atoms with Gasteiger partial charge < -0.3 is 20.1 Å². The maximum atomic E-state index is 11.7. The number of carbonyl (C=O) groups excluding carboxylic acids is 2. The Morgan fingerprint density at radius 1 is 0.913 bits per heavy atom. The molecule has 0 atom stereocenters. The molecule has 0 saturated heterocycles. The highest BCUT2D eigenvalue weighted by Gasteiger charge is 2.17. The molecule has 0 aliphatic carbocycles. The van der Waals surface area contributed by atoms with Crippen LogP contribution in [-0.4, -0.2) is 27.3 Å². The minimum atomic E-state index is -0.969. The van der Waals surface area contributed by atoms with Crippen LogP contribution in [0.1, 0.15) is 68.6 Å². The van der Waals surface area contributed by atoms with Crippen molar-refractivity contribution in [1.82, 2.24) is 0 Å². The van der Waals surface area contributed by atoms with Gasteiger partial charge in [-0.3, -0.25) is 4.79 Å². The second-order valence-corrected chi connectivity index (χ2v) is 5.50. The largest absolute Gasteiger partial charge is 0.504 e. The summed E-state index contributed by atoms with van der Waals surface area (Å²) in [5, 5.41) is 27.8. The molecule has 0 unspecified atom stereocenters. The molecule has 0 bridgehead atoms. The topological polar surface area (TPSA) is 104 Å². The Balaban J connectivity index is 2.33. The predicted octanol–water partition coefficient (Wildman–Crippen LogP) is 3.63. The first kappa shape index (κ1) is 18.8. The van der Waals surface area contributed by atoms with Gasteiger partial charge in [-0.2, -0.15) is 0 Å². The Kier molecular flexibility index (Phi) is 7.94. The van der Waals surface area contributed by atoms with E-state index in [-0.39, 0.29) is 12.0 Å². The van der Waals surface area contributed by atoms with E-state index in [0.717, 1.165) is 31.4 Å². The van der Waals surface area contributed by atoms with Gasteiger partial charge in [-0.15, -0.1) is 0 Å². The van der Waals surface area contributed by atoms with Gasteiger partial charge in [0.2, 0.25) is 0 Å². The van der Waals surface area contributed by atoms with Crippen molar-refractivity contribution in [2.45, 2.75) is 58.3 Å². The summed E-state index contributed by atoms with van der Waals surface area (Å²) in [4.78, 5) is 23.3. The lowest BCUT2D eigenvalue weighted by atomic mass is 10.1. The molecule has 1 rings (SSSR count). The molecule has 3 N–H and O–H groups in total. The zero-order valence-electron chi connectivity index (χ0n) is 13.4. The van der Waals surface area contributed by atoms with E-state index in [2.05, 4.69) is 11.7 Å². The number of phenolic OH excluding ortho intramolecular Hbond substituents is 3. The van der Waals surface area contributed by atoms with E-state index in [1.807, 2.05) is 0 Å². The number of hydrogen-bond donors (Lipinski definition) is 3. The number of rotatable bonds is 9. The lowest BCUT2D eigenvalue weighted by Crippen LogP contribution is -2.12. The minimum absolute atomic E-state index is 0.148. The average Bonchev–Trinajstić information content (AvgIpc) is 2.51. The van der Waals surface area contributed by atoms with Gasteiger partial charge in [0, 0.05) is 6.42 Å². The third kappa shape index (κ3) is 6.59. The Bertz CT molecular complexity index is 515. The first-order valence-corrected chi connectivity index (χ1v) is 7.95. The van der Waals surface area contributed by atoms with Gasteiger partial charge in [0.1, 0.15) is 0 Å². The van der Waals surface area contributed by atoms with Crippen molar-refractivity contribution >= 4 is 11.9 Å². The fraction of sp³-hybridized carbons (Fsp3) is 0.529. The molecule has 0 heterocycles. The maximum Gasteiger partial charge on any atom is 0.346 e. The molecule has 128 valence electrons. The minimum Gasteiger partial charge on any atom is -0.504 e. The SMILES string of the molecule is CCCCCCCCCC(=O)OC(=O)c1cc(O)c(O)c(O)c1. The van der Waals surface area contributed by atoms with Crippen molar-refractivity contribution in [2.24, 2.45) is 0 Å². The van der Waals surface area contributed by atoms with Crippen molar-refractivity contribution in [1.29, 1.82) is 0 Å². The highest BCUT2D eigenvalue weighted by atomic mass is 16.6. The van der Waals surface area contributed by atoms with Gasteiger partial charge in [-0.25, -0.2) is 4.79 Å². The summed E-state index contributed by atoms with van der Waals surface area (Å²) in [6, 6.07) is 1.86. The van der Waals surface area contributed by atoms with Gasteiger partial charge in [-0.05, 0) is 18.6 Å². The van der Waals surface area contributed by atoms with E-state index >= 15 is 0 Å². The van der Waals surface area contributed by atoms with Crippen LogP contribution in [0, 0.1) is 0 Å². The van der Waals surface area contributed by atoms with E-state index < -0.39 is 29.2 Å². The van der Waals surface area contributed by atoms with Crippen molar-refractivity contribution in [3.05, 3.63) is 17.7 Å². The molecule has 0 amide bonds. The summed E-state index contributed by atoms with van der Waals surface area (Å²) in [5.74, 6) is -3.65.